The first-order valence-corrected chi connectivity index (χ1v) is 9.61. The lowest BCUT2D eigenvalue weighted by Crippen LogP contribution is -2.45. The normalized spacial score (nSPS) is 16.7. The number of aromatic nitrogens is 2. The Hall–Kier alpha value is -3.42. The van der Waals surface area contributed by atoms with Gasteiger partial charge in [-0.15, -0.1) is 0 Å². The number of hydrogen-bond acceptors (Lipinski definition) is 5. The van der Waals surface area contributed by atoms with Crippen LogP contribution in [0.2, 0.25) is 0 Å². The van der Waals surface area contributed by atoms with E-state index in [9.17, 15) is 14.4 Å². The van der Waals surface area contributed by atoms with Crippen molar-refractivity contribution in [2.45, 2.75) is 26.3 Å². The van der Waals surface area contributed by atoms with Crippen LogP contribution < -0.4 is 11.1 Å². The number of aryl methyl sites for hydroxylation is 1. The van der Waals surface area contributed by atoms with Crippen LogP contribution in [0.15, 0.2) is 51.8 Å². The number of oxazole rings is 1. The molecule has 2 amide bonds. The van der Waals surface area contributed by atoms with Crippen molar-refractivity contribution >= 4 is 28.7 Å². The number of benzene rings is 1. The molecule has 1 unspecified atom stereocenters. The van der Waals surface area contributed by atoms with Gasteiger partial charge in [-0.3, -0.25) is 14.2 Å². The molecule has 150 valence electrons. The van der Waals surface area contributed by atoms with Gasteiger partial charge in [-0.25, -0.2) is 9.78 Å². The molecule has 2 aromatic heterocycles. The van der Waals surface area contributed by atoms with Crippen molar-refractivity contribution in [3.05, 3.63) is 58.7 Å². The van der Waals surface area contributed by atoms with Crippen molar-refractivity contribution < 1.29 is 14.0 Å². The van der Waals surface area contributed by atoms with E-state index in [2.05, 4.69) is 10.3 Å². The van der Waals surface area contributed by atoms with E-state index in [1.165, 1.54) is 4.57 Å². The number of hydrogen-bond donors (Lipinski definition) is 1. The van der Waals surface area contributed by atoms with Crippen LogP contribution in [0.1, 0.15) is 18.4 Å². The Balaban J connectivity index is 1.43. The van der Waals surface area contributed by atoms with Crippen molar-refractivity contribution in [1.82, 2.24) is 14.5 Å². The SMILES string of the molecule is Cc1ccc(NC(=O)C2CCCN(C(=O)Cn3c(=O)oc4ccccc43)C2)nc1. The van der Waals surface area contributed by atoms with Gasteiger partial charge in [0.25, 0.3) is 0 Å². The molecular weight excluding hydrogens is 372 g/mol. The first-order chi connectivity index (χ1) is 14.0. The van der Waals surface area contributed by atoms with Gasteiger partial charge in [0.2, 0.25) is 11.8 Å². The minimum Gasteiger partial charge on any atom is -0.408 e. The predicted molar refractivity (Wildman–Crippen MR) is 107 cm³/mol. The van der Waals surface area contributed by atoms with Gasteiger partial charge < -0.3 is 14.6 Å². The maximum absolute atomic E-state index is 12.8. The van der Waals surface area contributed by atoms with Gasteiger partial charge in [0.05, 0.1) is 11.4 Å². The Labute approximate surface area is 167 Å². The third-order valence-electron chi connectivity index (χ3n) is 5.17. The monoisotopic (exact) mass is 394 g/mol. The molecule has 0 saturated carbocycles. The number of nitrogens with zero attached hydrogens (tertiary/aromatic N) is 3. The summed E-state index contributed by atoms with van der Waals surface area (Å²) in [7, 11) is 0. The highest BCUT2D eigenvalue weighted by Crippen LogP contribution is 2.19. The van der Waals surface area contributed by atoms with Crippen molar-refractivity contribution in [3.63, 3.8) is 0 Å². The Morgan fingerprint density at radius 1 is 1.24 bits per heavy atom. The number of fused-ring (bicyclic) bond motifs is 1. The lowest BCUT2D eigenvalue weighted by molar-refractivity contribution is -0.135. The summed E-state index contributed by atoms with van der Waals surface area (Å²) in [6.45, 7) is 2.71. The molecule has 3 aromatic rings. The number of likely N-dealkylation sites (tertiary alicyclic amines) is 1. The van der Waals surface area contributed by atoms with Crippen molar-refractivity contribution in [2.75, 3.05) is 18.4 Å². The minimum absolute atomic E-state index is 0.107. The molecule has 1 fully saturated rings. The second-order valence-electron chi connectivity index (χ2n) is 7.31. The molecule has 1 N–H and O–H groups in total. The highest BCUT2D eigenvalue weighted by Gasteiger charge is 2.29. The standard InChI is InChI=1S/C21H22N4O4/c1-14-8-9-18(22-11-14)23-20(27)15-5-4-10-24(12-15)19(26)13-25-16-6-2-3-7-17(16)29-21(25)28/h2-3,6-9,11,15H,4-5,10,12-13H2,1H3,(H,22,23,27). The van der Waals surface area contributed by atoms with Gasteiger partial charge in [-0.05, 0) is 43.5 Å². The molecule has 1 aliphatic rings. The summed E-state index contributed by atoms with van der Waals surface area (Å²) in [5, 5.41) is 2.82. The minimum atomic E-state index is -0.559. The smallest absolute Gasteiger partial charge is 0.408 e. The molecule has 1 aromatic carbocycles. The molecule has 3 heterocycles. The van der Waals surface area contributed by atoms with E-state index < -0.39 is 5.76 Å². The Morgan fingerprint density at radius 3 is 2.86 bits per heavy atom. The van der Waals surface area contributed by atoms with Crippen LogP contribution in [-0.2, 0) is 16.1 Å². The molecule has 4 rings (SSSR count). The van der Waals surface area contributed by atoms with Gasteiger partial charge >= 0.3 is 5.76 Å². The summed E-state index contributed by atoms with van der Waals surface area (Å²) < 4.78 is 6.52. The zero-order valence-electron chi connectivity index (χ0n) is 16.1. The molecule has 0 bridgehead atoms. The summed E-state index contributed by atoms with van der Waals surface area (Å²) in [6.07, 6.45) is 3.13. The molecule has 0 radical (unpaired) electrons. The van der Waals surface area contributed by atoms with Crippen LogP contribution in [0.3, 0.4) is 0 Å². The van der Waals surface area contributed by atoms with Gasteiger partial charge in [-0.2, -0.15) is 0 Å². The number of rotatable bonds is 4. The van der Waals surface area contributed by atoms with Gasteiger partial charge in [0, 0.05) is 19.3 Å². The summed E-state index contributed by atoms with van der Waals surface area (Å²) in [4.78, 5) is 43.4. The molecule has 1 saturated heterocycles. The van der Waals surface area contributed by atoms with Crippen molar-refractivity contribution in [2.24, 2.45) is 5.92 Å². The number of para-hydroxylation sites is 2. The molecular formula is C21H22N4O4. The highest BCUT2D eigenvalue weighted by molar-refractivity contribution is 5.92. The van der Waals surface area contributed by atoms with Crippen LogP contribution in [0.25, 0.3) is 11.1 Å². The second-order valence-corrected chi connectivity index (χ2v) is 7.31. The van der Waals surface area contributed by atoms with E-state index in [0.717, 1.165) is 12.0 Å². The van der Waals surface area contributed by atoms with Crippen LogP contribution in [0, 0.1) is 12.8 Å². The zero-order valence-corrected chi connectivity index (χ0v) is 16.1. The molecule has 1 aliphatic heterocycles. The number of nitrogens with one attached hydrogen (secondary N) is 1. The van der Waals surface area contributed by atoms with E-state index in [0.29, 0.717) is 36.4 Å². The van der Waals surface area contributed by atoms with Crippen LogP contribution in [0.4, 0.5) is 5.82 Å². The zero-order chi connectivity index (χ0) is 20.4. The van der Waals surface area contributed by atoms with Crippen LogP contribution in [0.5, 0.6) is 0 Å². The van der Waals surface area contributed by atoms with Crippen LogP contribution >= 0.6 is 0 Å². The summed E-state index contributed by atoms with van der Waals surface area (Å²) in [5.74, 6) is -0.722. The number of carbonyl (C=O) groups excluding carboxylic acids is 2. The Kier molecular flexibility index (Phi) is 5.16. The third kappa shape index (κ3) is 4.06. The lowest BCUT2D eigenvalue weighted by Gasteiger charge is -2.32. The maximum Gasteiger partial charge on any atom is 0.420 e. The number of carbonyl (C=O) groups is 2. The number of piperidine rings is 1. The summed E-state index contributed by atoms with van der Waals surface area (Å²) >= 11 is 0. The molecule has 1 atom stereocenters. The fourth-order valence-corrected chi connectivity index (χ4v) is 3.59. The van der Waals surface area contributed by atoms with Gasteiger partial charge in [0.15, 0.2) is 5.58 Å². The third-order valence-corrected chi connectivity index (χ3v) is 5.17. The fraction of sp³-hybridized carbons (Fsp3) is 0.333. The van der Waals surface area contributed by atoms with Crippen molar-refractivity contribution in [1.29, 1.82) is 0 Å². The largest absolute Gasteiger partial charge is 0.420 e. The van der Waals surface area contributed by atoms with E-state index >= 15 is 0 Å². The molecule has 0 aliphatic carbocycles. The summed E-state index contributed by atoms with van der Waals surface area (Å²) in [5.41, 5.74) is 2.05. The number of amides is 2. The van der Waals surface area contributed by atoms with E-state index in [1.54, 1.807) is 41.4 Å². The van der Waals surface area contributed by atoms with E-state index in [4.69, 9.17) is 4.42 Å². The van der Waals surface area contributed by atoms with E-state index in [1.807, 2.05) is 13.0 Å². The first kappa shape index (κ1) is 18.9. The number of anilines is 1. The van der Waals surface area contributed by atoms with Crippen molar-refractivity contribution in [3.8, 4) is 0 Å². The summed E-state index contributed by atoms with van der Waals surface area (Å²) in [6, 6.07) is 10.6. The highest BCUT2D eigenvalue weighted by atomic mass is 16.4. The fourth-order valence-electron chi connectivity index (χ4n) is 3.59. The van der Waals surface area contributed by atoms with Gasteiger partial charge in [0.1, 0.15) is 12.4 Å². The average Bonchev–Trinajstić information content (AvgIpc) is 3.05. The van der Waals surface area contributed by atoms with Crippen LogP contribution in [-0.4, -0.2) is 39.4 Å². The quantitative estimate of drug-likeness (QED) is 0.731. The average molecular weight is 394 g/mol. The van der Waals surface area contributed by atoms with Gasteiger partial charge in [-0.1, -0.05) is 18.2 Å². The number of pyridine rings is 1. The second kappa shape index (κ2) is 7.90. The Bertz CT molecular complexity index is 1100. The lowest BCUT2D eigenvalue weighted by atomic mass is 9.97. The molecule has 29 heavy (non-hydrogen) atoms. The topological polar surface area (TPSA) is 97.4 Å². The van der Waals surface area contributed by atoms with E-state index in [-0.39, 0.29) is 24.3 Å². The Morgan fingerprint density at radius 2 is 2.07 bits per heavy atom. The molecule has 8 heteroatoms. The molecule has 0 spiro atoms. The first-order valence-electron chi connectivity index (χ1n) is 9.61. The maximum atomic E-state index is 12.8. The molecule has 8 nitrogen and oxygen atoms in total. The predicted octanol–water partition coefficient (Wildman–Crippen LogP) is 2.18.